The van der Waals surface area contributed by atoms with Crippen molar-refractivity contribution in [1.82, 2.24) is 20.2 Å². The molecule has 0 atom stereocenters. The number of pyridine rings is 1. The van der Waals surface area contributed by atoms with Gasteiger partial charge in [0, 0.05) is 18.3 Å². The molecule has 2 aromatic rings. The number of rotatable bonds is 5. The van der Waals surface area contributed by atoms with Crippen LogP contribution in [0.2, 0.25) is 0 Å². The molecule has 0 radical (unpaired) electrons. The number of anilines is 2. The Kier molecular flexibility index (Phi) is 3.54. The number of nitrogens with two attached hydrogens (primary N) is 1. The van der Waals surface area contributed by atoms with E-state index in [0.29, 0.717) is 5.82 Å². The van der Waals surface area contributed by atoms with Gasteiger partial charge in [-0.05, 0) is 18.6 Å². The van der Waals surface area contributed by atoms with Crippen LogP contribution in [-0.4, -0.2) is 26.7 Å². The topological polar surface area (TPSA) is 92.5 Å². The third kappa shape index (κ3) is 2.93. The fourth-order valence-corrected chi connectivity index (χ4v) is 1.47. The van der Waals surface area contributed by atoms with Crippen LogP contribution in [0.15, 0.2) is 18.3 Å². The Morgan fingerprint density at radius 1 is 1.47 bits per heavy atom. The Morgan fingerprint density at radius 2 is 2.35 bits per heavy atom. The number of unbranched alkanes of at least 4 members (excludes halogenated alkanes) is 1. The van der Waals surface area contributed by atoms with Gasteiger partial charge in [-0.3, -0.25) is 5.10 Å². The van der Waals surface area contributed by atoms with Gasteiger partial charge in [0.1, 0.15) is 5.82 Å². The molecule has 2 aromatic heterocycles. The molecule has 0 amide bonds. The summed E-state index contributed by atoms with van der Waals surface area (Å²) >= 11 is 0. The number of aromatic amines is 1. The molecule has 4 N–H and O–H groups in total. The largest absolute Gasteiger partial charge is 0.370 e. The Morgan fingerprint density at radius 3 is 3.06 bits per heavy atom. The normalized spacial score (nSPS) is 10.4. The lowest BCUT2D eigenvalue weighted by molar-refractivity contribution is 0.831. The first-order valence-electron chi connectivity index (χ1n) is 5.67. The summed E-state index contributed by atoms with van der Waals surface area (Å²) in [6.07, 6.45) is 4.02. The molecule has 0 aromatic carbocycles. The summed E-state index contributed by atoms with van der Waals surface area (Å²) in [7, 11) is 0. The number of aromatic nitrogens is 4. The molecule has 0 aliphatic rings. The third-order valence-electron chi connectivity index (χ3n) is 2.37. The van der Waals surface area contributed by atoms with Crippen molar-refractivity contribution in [2.45, 2.75) is 19.8 Å². The summed E-state index contributed by atoms with van der Waals surface area (Å²) < 4.78 is 0. The lowest BCUT2D eigenvalue weighted by Gasteiger charge is -2.05. The molecule has 0 fully saturated rings. The lowest BCUT2D eigenvalue weighted by atomic mass is 10.2. The molecule has 0 aliphatic carbocycles. The van der Waals surface area contributed by atoms with Crippen molar-refractivity contribution in [3.05, 3.63) is 18.3 Å². The minimum absolute atomic E-state index is 0.248. The summed E-state index contributed by atoms with van der Waals surface area (Å²) in [6.45, 7) is 3.08. The average molecular weight is 232 g/mol. The highest BCUT2D eigenvalue weighted by Gasteiger charge is 2.04. The molecule has 17 heavy (non-hydrogen) atoms. The molecule has 90 valence electrons. The summed E-state index contributed by atoms with van der Waals surface area (Å²) in [5.41, 5.74) is 6.39. The Labute approximate surface area is 99.7 Å². The molecule has 0 saturated carbocycles. The summed E-state index contributed by atoms with van der Waals surface area (Å²) in [6, 6.07) is 3.79. The SMILES string of the molecule is CCCCNc1cc(-c2nc(N)n[nH]2)ccn1. The smallest absolute Gasteiger partial charge is 0.239 e. The maximum absolute atomic E-state index is 5.47. The van der Waals surface area contributed by atoms with Crippen molar-refractivity contribution in [3.63, 3.8) is 0 Å². The molecule has 2 rings (SSSR count). The van der Waals surface area contributed by atoms with Crippen molar-refractivity contribution in [2.75, 3.05) is 17.6 Å². The van der Waals surface area contributed by atoms with Crippen molar-refractivity contribution in [3.8, 4) is 11.4 Å². The second-order valence-corrected chi connectivity index (χ2v) is 3.75. The van der Waals surface area contributed by atoms with Gasteiger partial charge in [-0.25, -0.2) is 4.98 Å². The summed E-state index contributed by atoms with van der Waals surface area (Å²) in [5, 5.41) is 9.83. The Hall–Kier alpha value is -2.11. The van der Waals surface area contributed by atoms with Crippen LogP contribution in [0.5, 0.6) is 0 Å². The fraction of sp³-hybridized carbons (Fsp3) is 0.364. The lowest BCUT2D eigenvalue weighted by Crippen LogP contribution is -2.02. The van der Waals surface area contributed by atoms with Gasteiger partial charge in [-0.1, -0.05) is 13.3 Å². The first-order chi connectivity index (χ1) is 8.29. The molecule has 0 unspecified atom stereocenters. The van der Waals surface area contributed by atoms with E-state index in [1.54, 1.807) is 6.20 Å². The second-order valence-electron chi connectivity index (χ2n) is 3.75. The average Bonchev–Trinajstić information content (AvgIpc) is 2.77. The van der Waals surface area contributed by atoms with E-state index in [4.69, 9.17) is 5.73 Å². The first kappa shape index (κ1) is 11.4. The predicted molar refractivity (Wildman–Crippen MR) is 67.4 cm³/mol. The van der Waals surface area contributed by atoms with Crippen LogP contribution in [0, 0.1) is 0 Å². The van der Waals surface area contributed by atoms with Gasteiger partial charge in [0.25, 0.3) is 0 Å². The van der Waals surface area contributed by atoms with Crippen LogP contribution < -0.4 is 11.1 Å². The highest BCUT2D eigenvalue weighted by atomic mass is 15.3. The number of hydrogen-bond acceptors (Lipinski definition) is 5. The number of hydrogen-bond donors (Lipinski definition) is 3. The molecular weight excluding hydrogens is 216 g/mol. The van der Waals surface area contributed by atoms with E-state index >= 15 is 0 Å². The Bertz CT molecular complexity index is 478. The molecule has 0 spiro atoms. The zero-order valence-electron chi connectivity index (χ0n) is 9.77. The van der Waals surface area contributed by atoms with Crippen LogP contribution in [0.3, 0.4) is 0 Å². The van der Waals surface area contributed by atoms with Crippen molar-refractivity contribution < 1.29 is 0 Å². The minimum atomic E-state index is 0.248. The maximum atomic E-state index is 5.47. The zero-order valence-corrected chi connectivity index (χ0v) is 9.77. The van der Waals surface area contributed by atoms with Crippen LogP contribution in [-0.2, 0) is 0 Å². The number of nitrogen functional groups attached to an aromatic ring is 1. The van der Waals surface area contributed by atoms with E-state index in [9.17, 15) is 0 Å². The molecule has 0 saturated heterocycles. The molecule has 6 heteroatoms. The van der Waals surface area contributed by atoms with Crippen LogP contribution in [0.25, 0.3) is 11.4 Å². The van der Waals surface area contributed by atoms with Gasteiger partial charge < -0.3 is 11.1 Å². The molecule has 0 bridgehead atoms. The summed E-state index contributed by atoms with van der Waals surface area (Å²) in [4.78, 5) is 8.31. The Balaban J connectivity index is 2.11. The van der Waals surface area contributed by atoms with Crippen LogP contribution in [0.1, 0.15) is 19.8 Å². The van der Waals surface area contributed by atoms with Gasteiger partial charge in [-0.2, -0.15) is 4.98 Å². The van der Waals surface area contributed by atoms with Gasteiger partial charge in [-0.15, -0.1) is 5.10 Å². The quantitative estimate of drug-likeness (QED) is 0.682. The van der Waals surface area contributed by atoms with E-state index in [0.717, 1.165) is 30.8 Å². The molecule has 6 nitrogen and oxygen atoms in total. The van der Waals surface area contributed by atoms with Gasteiger partial charge in [0.2, 0.25) is 5.95 Å². The van der Waals surface area contributed by atoms with Gasteiger partial charge in [0.05, 0.1) is 0 Å². The highest BCUT2D eigenvalue weighted by molar-refractivity contribution is 5.59. The van der Waals surface area contributed by atoms with Crippen molar-refractivity contribution >= 4 is 11.8 Å². The minimum Gasteiger partial charge on any atom is -0.370 e. The fourth-order valence-electron chi connectivity index (χ4n) is 1.47. The zero-order chi connectivity index (χ0) is 12.1. The van der Waals surface area contributed by atoms with Gasteiger partial charge >= 0.3 is 0 Å². The van der Waals surface area contributed by atoms with Gasteiger partial charge in [0.15, 0.2) is 5.82 Å². The number of nitrogens with one attached hydrogen (secondary N) is 2. The molecule has 2 heterocycles. The van der Waals surface area contributed by atoms with E-state index in [-0.39, 0.29) is 5.95 Å². The van der Waals surface area contributed by atoms with Crippen LogP contribution in [0.4, 0.5) is 11.8 Å². The molecular formula is C11H16N6. The number of nitrogens with zero attached hydrogens (tertiary/aromatic N) is 3. The van der Waals surface area contributed by atoms with E-state index in [1.807, 2.05) is 12.1 Å². The maximum Gasteiger partial charge on any atom is 0.239 e. The van der Waals surface area contributed by atoms with E-state index in [2.05, 4.69) is 32.4 Å². The monoisotopic (exact) mass is 232 g/mol. The number of H-pyrrole nitrogens is 1. The first-order valence-corrected chi connectivity index (χ1v) is 5.67. The summed E-state index contributed by atoms with van der Waals surface area (Å²) in [5.74, 6) is 1.74. The van der Waals surface area contributed by atoms with Crippen molar-refractivity contribution in [1.29, 1.82) is 0 Å². The van der Waals surface area contributed by atoms with Crippen molar-refractivity contribution in [2.24, 2.45) is 0 Å². The predicted octanol–water partition coefficient (Wildman–Crippen LogP) is 1.66. The van der Waals surface area contributed by atoms with E-state index < -0.39 is 0 Å². The highest BCUT2D eigenvalue weighted by Crippen LogP contribution is 2.17. The third-order valence-corrected chi connectivity index (χ3v) is 2.37. The standard InChI is InChI=1S/C11H16N6/c1-2-3-5-13-9-7-8(4-6-14-9)10-15-11(12)17-16-10/h4,6-7H,2-3,5H2,1H3,(H,13,14)(H3,12,15,16,17). The van der Waals surface area contributed by atoms with E-state index in [1.165, 1.54) is 0 Å². The second kappa shape index (κ2) is 5.29. The van der Waals surface area contributed by atoms with Crippen LogP contribution >= 0.6 is 0 Å². The molecule has 0 aliphatic heterocycles.